The van der Waals surface area contributed by atoms with Gasteiger partial charge >= 0.3 is 5.97 Å². The van der Waals surface area contributed by atoms with E-state index in [0.29, 0.717) is 26.4 Å². The van der Waals surface area contributed by atoms with Crippen LogP contribution in [0.25, 0.3) is 0 Å². The van der Waals surface area contributed by atoms with Crippen molar-refractivity contribution in [1.82, 2.24) is 5.32 Å². The number of ketones is 1. The predicted molar refractivity (Wildman–Crippen MR) is 116 cm³/mol. The molecule has 0 rings (SSSR count). The van der Waals surface area contributed by atoms with Gasteiger partial charge in [0.1, 0.15) is 19.8 Å². The van der Waals surface area contributed by atoms with Gasteiger partial charge in [-0.2, -0.15) is 0 Å². The normalized spacial score (nSPS) is 8.50. The summed E-state index contributed by atoms with van der Waals surface area (Å²) >= 11 is 0. The van der Waals surface area contributed by atoms with Gasteiger partial charge in [0.15, 0.2) is 5.78 Å². The Kier molecular flexibility index (Phi) is 44.3. The van der Waals surface area contributed by atoms with E-state index in [1.165, 1.54) is 14.0 Å². The van der Waals surface area contributed by atoms with Crippen LogP contribution in [0, 0.1) is 0 Å². The van der Waals surface area contributed by atoms with Crippen molar-refractivity contribution in [2.45, 2.75) is 63.3 Å². The SMILES string of the molecule is C.C.C.C.C.COC(=O)CNC(=O)COCCOCCCCCOCC(C)=O. The number of esters is 1. The van der Waals surface area contributed by atoms with Crippen LogP contribution >= 0.6 is 0 Å². The molecule has 0 aromatic carbocycles. The third kappa shape index (κ3) is 32.2. The topological polar surface area (TPSA) is 100 Å². The highest BCUT2D eigenvalue weighted by Crippen LogP contribution is 1.96. The Hall–Kier alpha value is -1.51. The van der Waals surface area contributed by atoms with Crippen LogP contribution in [-0.2, 0) is 33.3 Å². The van der Waals surface area contributed by atoms with Gasteiger partial charge in [0.05, 0.1) is 20.3 Å². The van der Waals surface area contributed by atoms with Crippen molar-refractivity contribution >= 4 is 17.7 Å². The summed E-state index contributed by atoms with van der Waals surface area (Å²) in [5.74, 6) is -0.846. The predicted octanol–water partition coefficient (Wildman–Crippen LogP) is 3.27. The first kappa shape index (κ1) is 41.0. The van der Waals surface area contributed by atoms with Gasteiger partial charge in [0.25, 0.3) is 0 Å². The van der Waals surface area contributed by atoms with Crippen molar-refractivity contribution in [3.63, 3.8) is 0 Å². The molecule has 0 saturated carbocycles. The smallest absolute Gasteiger partial charge is 0.325 e. The lowest BCUT2D eigenvalue weighted by Gasteiger charge is -2.06. The van der Waals surface area contributed by atoms with Crippen molar-refractivity contribution in [2.24, 2.45) is 0 Å². The van der Waals surface area contributed by atoms with Gasteiger partial charge < -0.3 is 24.3 Å². The Bertz CT molecular complexity index is 349. The van der Waals surface area contributed by atoms with Crippen LogP contribution in [0.4, 0.5) is 0 Å². The minimum Gasteiger partial charge on any atom is -0.468 e. The number of amides is 1. The van der Waals surface area contributed by atoms with E-state index in [4.69, 9.17) is 14.2 Å². The standard InChI is InChI=1S/C15H27NO7.5CH4/c1-13(17)11-22-7-5-3-4-6-21-8-9-23-12-14(18)16-10-15(19)20-2;;;;;/h3-12H2,1-2H3,(H,16,18);5*1H4. The number of hydrogen-bond donors (Lipinski definition) is 1. The molecule has 0 aliphatic heterocycles. The molecule has 0 radical (unpaired) electrons. The van der Waals surface area contributed by atoms with E-state index in [1.54, 1.807) is 0 Å². The molecule has 0 spiro atoms. The fourth-order valence-corrected chi connectivity index (χ4v) is 1.48. The molecule has 0 aromatic rings. The molecule has 0 aliphatic carbocycles. The molecular weight excluding hydrogens is 366 g/mol. The summed E-state index contributed by atoms with van der Waals surface area (Å²) in [6.07, 6.45) is 2.77. The van der Waals surface area contributed by atoms with Crippen LogP contribution in [0.2, 0.25) is 0 Å². The summed E-state index contributed by atoms with van der Waals surface area (Å²) in [5, 5.41) is 2.36. The molecular formula is C20H47NO7. The van der Waals surface area contributed by atoms with Gasteiger partial charge in [-0.05, 0) is 26.2 Å². The van der Waals surface area contributed by atoms with E-state index < -0.39 is 5.97 Å². The zero-order chi connectivity index (χ0) is 17.3. The number of methoxy groups -OCH3 is 1. The molecule has 174 valence electrons. The number of carbonyl (C=O) groups excluding carboxylic acids is 3. The summed E-state index contributed by atoms with van der Waals surface area (Å²) in [5.41, 5.74) is 0. The highest BCUT2D eigenvalue weighted by atomic mass is 16.5. The summed E-state index contributed by atoms with van der Waals surface area (Å²) < 4.78 is 20.0. The number of ether oxygens (including phenoxy) is 4. The average molecular weight is 414 g/mol. The minimum absolute atomic E-state index is 0. The zero-order valence-corrected chi connectivity index (χ0v) is 13.9. The first-order chi connectivity index (χ1) is 11.1. The van der Waals surface area contributed by atoms with E-state index in [1.807, 2.05) is 0 Å². The van der Waals surface area contributed by atoms with E-state index >= 15 is 0 Å². The average Bonchev–Trinajstić information content (AvgIpc) is 2.53. The maximum atomic E-state index is 11.2. The van der Waals surface area contributed by atoms with Crippen molar-refractivity contribution in [1.29, 1.82) is 0 Å². The second-order valence-electron chi connectivity index (χ2n) is 4.83. The van der Waals surface area contributed by atoms with Crippen LogP contribution in [-0.4, -0.2) is 71.0 Å². The number of unbranched alkanes of at least 4 members (excludes halogenated alkanes) is 2. The molecule has 8 nitrogen and oxygen atoms in total. The number of nitrogens with one attached hydrogen (secondary N) is 1. The van der Waals surface area contributed by atoms with E-state index in [9.17, 15) is 14.4 Å². The van der Waals surface area contributed by atoms with Gasteiger partial charge in [-0.1, -0.05) is 37.1 Å². The maximum Gasteiger partial charge on any atom is 0.325 e. The van der Waals surface area contributed by atoms with E-state index in [0.717, 1.165) is 19.3 Å². The van der Waals surface area contributed by atoms with Crippen LogP contribution in [0.15, 0.2) is 0 Å². The molecule has 0 aromatic heterocycles. The number of rotatable bonds is 15. The molecule has 0 saturated heterocycles. The third-order valence-corrected chi connectivity index (χ3v) is 2.65. The molecule has 8 heteroatoms. The number of carbonyl (C=O) groups is 3. The number of hydrogen-bond acceptors (Lipinski definition) is 7. The van der Waals surface area contributed by atoms with Crippen LogP contribution < -0.4 is 5.32 Å². The quantitative estimate of drug-likeness (QED) is 0.325. The molecule has 1 N–H and O–H groups in total. The van der Waals surface area contributed by atoms with Gasteiger partial charge in [-0.3, -0.25) is 14.4 Å². The van der Waals surface area contributed by atoms with Crippen LogP contribution in [0.1, 0.15) is 63.3 Å². The summed E-state index contributed by atoms with van der Waals surface area (Å²) in [6.45, 7) is 3.32. The molecule has 1 amide bonds. The molecule has 28 heavy (non-hydrogen) atoms. The Labute approximate surface area is 173 Å². The summed E-state index contributed by atoms with van der Waals surface area (Å²) in [4.78, 5) is 32.7. The van der Waals surface area contributed by atoms with Crippen molar-refractivity contribution in [3.8, 4) is 0 Å². The van der Waals surface area contributed by atoms with Crippen molar-refractivity contribution in [2.75, 3.05) is 53.3 Å². The van der Waals surface area contributed by atoms with Crippen molar-refractivity contribution in [3.05, 3.63) is 0 Å². The fraction of sp³-hybridized carbons (Fsp3) is 0.850. The van der Waals surface area contributed by atoms with Crippen molar-refractivity contribution < 1.29 is 33.3 Å². The van der Waals surface area contributed by atoms with Gasteiger partial charge in [-0.25, -0.2) is 0 Å². The van der Waals surface area contributed by atoms with Gasteiger partial charge in [0.2, 0.25) is 5.91 Å². The molecule has 0 aliphatic rings. The zero-order valence-electron chi connectivity index (χ0n) is 13.9. The Balaban J connectivity index is -0.000000242. The summed E-state index contributed by atoms with van der Waals surface area (Å²) in [7, 11) is 1.25. The molecule has 0 atom stereocenters. The Morgan fingerprint density at radius 2 is 1.21 bits per heavy atom. The molecule has 0 bridgehead atoms. The number of Topliss-reactive ketones (excluding diaryl/α,β-unsaturated/α-hetero) is 1. The van der Waals surface area contributed by atoms with Crippen LogP contribution in [0.3, 0.4) is 0 Å². The molecule has 0 heterocycles. The highest BCUT2D eigenvalue weighted by Gasteiger charge is 2.04. The minimum atomic E-state index is -0.506. The van der Waals surface area contributed by atoms with Gasteiger partial charge in [0, 0.05) is 13.2 Å². The lowest BCUT2D eigenvalue weighted by molar-refractivity contribution is -0.141. The monoisotopic (exact) mass is 413 g/mol. The lowest BCUT2D eigenvalue weighted by Crippen LogP contribution is -2.33. The first-order valence-corrected chi connectivity index (χ1v) is 7.62. The summed E-state index contributed by atoms with van der Waals surface area (Å²) in [6, 6.07) is 0. The maximum absolute atomic E-state index is 11.2. The van der Waals surface area contributed by atoms with E-state index in [2.05, 4.69) is 10.1 Å². The Morgan fingerprint density at radius 1 is 0.714 bits per heavy atom. The largest absolute Gasteiger partial charge is 0.468 e. The molecule has 0 fully saturated rings. The third-order valence-electron chi connectivity index (χ3n) is 2.65. The van der Waals surface area contributed by atoms with E-state index in [-0.39, 0.29) is 68.6 Å². The van der Waals surface area contributed by atoms with Crippen LogP contribution in [0.5, 0.6) is 0 Å². The highest BCUT2D eigenvalue weighted by molar-refractivity contribution is 5.82. The second-order valence-corrected chi connectivity index (χ2v) is 4.83. The fourth-order valence-electron chi connectivity index (χ4n) is 1.48. The Morgan fingerprint density at radius 3 is 1.75 bits per heavy atom. The second kappa shape index (κ2) is 30.2. The van der Waals surface area contributed by atoms with Gasteiger partial charge in [-0.15, -0.1) is 0 Å². The first-order valence-electron chi connectivity index (χ1n) is 7.62. The molecule has 0 unspecified atom stereocenters. The lowest BCUT2D eigenvalue weighted by atomic mass is 10.2.